The number of carbonyl (C=O) groups excluding carboxylic acids is 2. The largest absolute Gasteiger partial charge is 0.490 e. The van der Waals surface area contributed by atoms with Crippen LogP contribution in [0.3, 0.4) is 0 Å². The molecule has 1 unspecified atom stereocenters. The van der Waals surface area contributed by atoms with E-state index in [1.54, 1.807) is 44.2 Å². The smallest absolute Gasteiger partial charge is 0.262 e. The number of benzene rings is 3. The summed E-state index contributed by atoms with van der Waals surface area (Å²) in [7, 11) is 0. The molecular formula is C28H27Cl2FIN3O4. The zero-order valence-electron chi connectivity index (χ0n) is 21.4. The zero-order chi connectivity index (χ0) is 28.5. The summed E-state index contributed by atoms with van der Waals surface area (Å²) in [6.07, 6.45) is 1.46. The van der Waals surface area contributed by atoms with Gasteiger partial charge >= 0.3 is 0 Å². The van der Waals surface area contributed by atoms with Gasteiger partial charge in [0.05, 0.1) is 22.0 Å². The molecule has 2 N–H and O–H groups in total. The number of nitrogens with zero attached hydrogens (tertiary/aromatic N) is 1. The van der Waals surface area contributed by atoms with Crippen LogP contribution in [-0.2, 0) is 11.4 Å². The molecule has 0 aliphatic heterocycles. The minimum Gasteiger partial charge on any atom is -0.490 e. The second-order valence-electron chi connectivity index (χ2n) is 8.70. The van der Waals surface area contributed by atoms with Crippen LogP contribution in [0.25, 0.3) is 0 Å². The Hall–Kier alpha value is -2.89. The van der Waals surface area contributed by atoms with Crippen LogP contribution in [-0.4, -0.2) is 30.7 Å². The maximum atomic E-state index is 14.0. The molecule has 3 aromatic carbocycles. The summed E-state index contributed by atoms with van der Waals surface area (Å²) in [5.41, 5.74) is 3.73. The molecule has 0 aromatic heterocycles. The molecule has 0 saturated carbocycles. The van der Waals surface area contributed by atoms with Gasteiger partial charge in [-0.2, -0.15) is 5.10 Å². The Morgan fingerprint density at radius 3 is 2.51 bits per heavy atom. The standard InChI is InChI=1S/C28H27Cl2FIN3O4/c1-4-38-24-12-17(11-23(32)26(24)39-15-18-9-10-19(29)13-21(18)30)14-33-35-28(37)25(16(2)3)34-27(36)20-7-5-6-8-22(20)31/h5-14,16,25H,4,15H2,1-3H3,(H,34,36)(H,35,37). The highest BCUT2D eigenvalue weighted by Gasteiger charge is 2.25. The van der Waals surface area contributed by atoms with Crippen LogP contribution in [0.2, 0.25) is 10.0 Å². The molecule has 2 amide bonds. The van der Waals surface area contributed by atoms with Crippen LogP contribution in [0, 0.1) is 15.3 Å². The third kappa shape index (κ3) is 8.55. The normalized spacial score (nSPS) is 11.9. The number of ether oxygens (including phenoxy) is 2. The fraction of sp³-hybridized carbons (Fsp3) is 0.250. The number of halogens is 4. The number of rotatable bonds is 11. The van der Waals surface area contributed by atoms with Crippen molar-refractivity contribution in [1.29, 1.82) is 0 Å². The van der Waals surface area contributed by atoms with E-state index in [0.717, 1.165) is 9.13 Å². The summed E-state index contributed by atoms with van der Waals surface area (Å²) in [4.78, 5) is 25.3. The first-order valence-corrected chi connectivity index (χ1v) is 13.9. The Bertz CT molecular complexity index is 1370. The fourth-order valence-corrected chi connectivity index (χ4v) is 4.74. The Balaban J connectivity index is 1.70. The van der Waals surface area contributed by atoms with Crippen molar-refractivity contribution in [3.63, 3.8) is 0 Å². The average Bonchev–Trinajstić information content (AvgIpc) is 2.88. The second-order valence-corrected chi connectivity index (χ2v) is 10.7. The van der Waals surface area contributed by atoms with E-state index in [1.807, 2.05) is 13.0 Å². The van der Waals surface area contributed by atoms with Crippen LogP contribution in [0.15, 0.2) is 59.7 Å². The van der Waals surface area contributed by atoms with Gasteiger partial charge < -0.3 is 14.8 Å². The first-order valence-electron chi connectivity index (χ1n) is 12.0. The van der Waals surface area contributed by atoms with E-state index in [2.05, 4.69) is 38.4 Å². The Kier molecular flexibility index (Phi) is 11.4. The zero-order valence-corrected chi connectivity index (χ0v) is 25.1. The number of carbonyl (C=O) groups is 2. The number of nitrogens with one attached hydrogen (secondary N) is 2. The molecule has 7 nitrogen and oxygen atoms in total. The van der Waals surface area contributed by atoms with Gasteiger partial charge in [-0.15, -0.1) is 0 Å². The lowest BCUT2D eigenvalue weighted by Gasteiger charge is -2.20. The van der Waals surface area contributed by atoms with Crippen LogP contribution in [0.4, 0.5) is 4.39 Å². The van der Waals surface area contributed by atoms with Crippen LogP contribution in [0.5, 0.6) is 11.5 Å². The van der Waals surface area contributed by atoms with Gasteiger partial charge in [-0.25, -0.2) is 9.82 Å². The molecule has 1 atom stereocenters. The summed E-state index contributed by atoms with van der Waals surface area (Å²) in [5.74, 6) is -1.12. The summed E-state index contributed by atoms with van der Waals surface area (Å²) < 4.78 is 26.5. The first kappa shape index (κ1) is 30.6. The molecule has 0 aliphatic rings. The van der Waals surface area contributed by atoms with Gasteiger partial charge in [0.25, 0.3) is 11.8 Å². The molecule has 0 fully saturated rings. The van der Waals surface area contributed by atoms with E-state index in [0.29, 0.717) is 33.7 Å². The van der Waals surface area contributed by atoms with E-state index in [-0.39, 0.29) is 18.1 Å². The molecule has 0 bridgehead atoms. The molecule has 206 valence electrons. The van der Waals surface area contributed by atoms with E-state index in [9.17, 15) is 14.0 Å². The molecular weight excluding hydrogens is 659 g/mol. The highest BCUT2D eigenvalue weighted by molar-refractivity contribution is 14.1. The molecule has 39 heavy (non-hydrogen) atoms. The maximum Gasteiger partial charge on any atom is 0.262 e. The minimum atomic E-state index is -0.927. The first-order chi connectivity index (χ1) is 18.6. The molecule has 3 rings (SSSR count). The highest BCUT2D eigenvalue weighted by atomic mass is 127. The molecule has 0 aliphatic carbocycles. The van der Waals surface area contributed by atoms with Crippen molar-refractivity contribution < 1.29 is 23.5 Å². The third-order valence-electron chi connectivity index (χ3n) is 5.46. The van der Waals surface area contributed by atoms with Gasteiger partial charge in [0.1, 0.15) is 18.5 Å². The quantitative estimate of drug-likeness (QED) is 0.135. The predicted molar refractivity (Wildman–Crippen MR) is 159 cm³/mol. The van der Waals surface area contributed by atoms with Crippen molar-refractivity contribution in [3.8, 4) is 11.5 Å². The molecule has 0 radical (unpaired) electrons. The van der Waals surface area contributed by atoms with Gasteiger partial charge in [-0.3, -0.25) is 9.59 Å². The summed E-state index contributed by atoms with van der Waals surface area (Å²) >= 11 is 14.4. The van der Waals surface area contributed by atoms with Gasteiger partial charge in [0, 0.05) is 15.6 Å². The monoisotopic (exact) mass is 685 g/mol. The average molecular weight is 686 g/mol. The van der Waals surface area contributed by atoms with Gasteiger partial charge in [0.15, 0.2) is 11.5 Å². The number of hydrazone groups is 1. The SMILES string of the molecule is CCOc1cc(C=NNC(=O)C(NC(=O)c2ccccc2F)C(C)C)cc(I)c1OCc1ccc(Cl)cc1Cl. The van der Waals surface area contributed by atoms with E-state index >= 15 is 0 Å². The topological polar surface area (TPSA) is 89.0 Å². The Morgan fingerprint density at radius 1 is 1.10 bits per heavy atom. The van der Waals surface area contributed by atoms with Crippen molar-refractivity contribution in [2.75, 3.05) is 6.61 Å². The summed E-state index contributed by atoms with van der Waals surface area (Å²) in [6.45, 7) is 6.01. The van der Waals surface area contributed by atoms with E-state index in [1.165, 1.54) is 24.4 Å². The highest BCUT2D eigenvalue weighted by Crippen LogP contribution is 2.35. The molecule has 11 heteroatoms. The predicted octanol–water partition coefficient (Wildman–Crippen LogP) is 6.62. The lowest BCUT2D eigenvalue weighted by Crippen LogP contribution is -2.48. The Morgan fingerprint density at radius 2 is 1.85 bits per heavy atom. The molecule has 0 saturated heterocycles. The minimum absolute atomic E-state index is 0.141. The van der Waals surface area contributed by atoms with Gasteiger partial charge in [0.2, 0.25) is 0 Å². The number of hydrogen-bond donors (Lipinski definition) is 2. The van der Waals surface area contributed by atoms with Crippen LogP contribution in [0.1, 0.15) is 42.3 Å². The van der Waals surface area contributed by atoms with Crippen molar-refractivity contribution in [3.05, 3.63) is 90.7 Å². The number of amides is 2. The van der Waals surface area contributed by atoms with Gasteiger partial charge in [-0.05, 0) is 77.4 Å². The fourth-order valence-electron chi connectivity index (χ4n) is 3.49. The lowest BCUT2D eigenvalue weighted by molar-refractivity contribution is -0.123. The Labute approximate surface area is 250 Å². The van der Waals surface area contributed by atoms with Crippen molar-refractivity contribution in [1.82, 2.24) is 10.7 Å². The summed E-state index contributed by atoms with van der Waals surface area (Å²) in [6, 6.07) is 13.4. The number of hydrogen-bond acceptors (Lipinski definition) is 5. The maximum absolute atomic E-state index is 14.0. The van der Waals surface area contributed by atoms with Gasteiger partial charge in [-0.1, -0.05) is 55.2 Å². The third-order valence-corrected chi connectivity index (χ3v) is 6.85. The van der Waals surface area contributed by atoms with Crippen molar-refractivity contribution in [2.24, 2.45) is 11.0 Å². The molecule has 0 heterocycles. The van der Waals surface area contributed by atoms with Crippen molar-refractivity contribution >= 4 is 63.8 Å². The van der Waals surface area contributed by atoms with E-state index in [4.69, 9.17) is 32.7 Å². The lowest BCUT2D eigenvalue weighted by atomic mass is 10.0. The van der Waals surface area contributed by atoms with Crippen LogP contribution >= 0.6 is 45.8 Å². The summed E-state index contributed by atoms with van der Waals surface area (Å²) in [5, 5.41) is 7.67. The van der Waals surface area contributed by atoms with Crippen LogP contribution < -0.4 is 20.2 Å². The molecule has 0 spiro atoms. The second kappa shape index (κ2) is 14.5. The van der Waals surface area contributed by atoms with Crippen molar-refractivity contribution in [2.45, 2.75) is 33.4 Å². The molecule has 3 aromatic rings. The van der Waals surface area contributed by atoms with E-state index < -0.39 is 23.7 Å².